The van der Waals surface area contributed by atoms with Gasteiger partial charge >= 0.3 is 0 Å². The molecule has 0 heterocycles. The minimum Gasteiger partial charge on any atom is -0.347 e. The smallest absolute Gasteiger partial charge is 0.254 e. The lowest BCUT2D eigenvalue weighted by Gasteiger charge is -2.39. The third-order valence-corrected chi connectivity index (χ3v) is 3.35. The van der Waals surface area contributed by atoms with E-state index >= 15 is 0 Å². The van der Waals surface area contributed by atoms with Gasteiger partial charge in [0, 0.05) is 10.4 Å². The molecule has 2 nitrogen and oxygen atoms in total. The molecule has 0 atom stereocenters. The predicted octanol–water partition coefficient (Wildman–Crippen LogP) is 2.79. The van der Waals surface area contributed by atoms with Gasteiger partial charge < -0.3 is 5.32 Å². The molecular formula is C12H14FNOS. The van der Waals surface area contributed by atoms with Crippen molar-refractivity contribution in [3.05, 3.63) is 29.6 Å². The van der Waals surface area contributed by atoms with Crippen LogP contribution >= 0.6 is 12.6 Å². The van der Waals surface area contributed by atoms with E-state index in [9.17, 15) is 9.18 Å². The fourth-order valence-electron chi connectivity index (χ4n) is 1.86. The topological polar surface area (TPSA) is 29.1 Å². The summed E-state index contributed by atoms with van der Waals surface area (Å²) in [5.74, 6) is -0.853. The average molecular weight is 239 g/mol. The molecule has 0 radical (unpaired) electrons. The number of hydrogen-bond donors (Lipinski definition) is 2. The largest absolute Gasteiger partial charge is 0.347 e. The molecule has 0 aromatic heterocycles. The Morgan fingerprint density at radius 1 is 1.50 bits per heavy atom. The highest BCUT2D eigenvalue weighted by Gasteiger charge is 2.33. The van der Waals surface area contributed by atoms with Crippen molar-refractivity contribution in [2.75, 3.05) is 0 Å². The zero-order chi connectivity index (χ0) is 11.8. The van der Waals surface area contributed by atoms with Gasteiger partial charge in [0.2, 0.25) is 0 Å². The van der Waals surface area contributed by atoms with E-state index < -0.39 is 5.82 Å². The summed E-state index contributed by atoms with van der Waals surface area (Å²) in [6.45, 7) is 1.98. The molecule has 1 fully saturated rings. The van der Waals surface area contributed by atoms with Crippen LogP contribution in [-0.4, -0.2) is 11.4 Å². The fraction of sp³-hybridized carbons (Fsp3) is 0.417. The van der Waals surface area contributed by atoms with E-state index in [4.69, 9.17) is 0 Å². The van der Waals surface area contributed by atoms with Crippen LogP contribution in [0.25, 0.3) is 0 Å². The average Bonchev–Trinajstić information content (AvgIpc) is 2.19. The van der Waals surface area contributed by atoms with Crippen molar-refractivity contribution in [2.24, 2.45) is 0 Å². The second-order valence-corrected chi connectivity index (χ2v) is 5.05. The van der Waals surface area contributed by atoms with Gasteiger partial charge in [-0.05, 0) is 44.4 Å². The molecule has 1 aliphatic rings. The number of thiol groups is 1. The molecule has 16 heavy (non-hydrogen) atoms. The van der Waals surface area contributed by atoms with Gasteiger partial charge in [-0.1, -0.05) is 0 Å². The lowest BCUT2D eigenvalue weighted by atomic mass is 9.78. The van der Waals surface area contributed by atoms with E-state index in [0.717, 1.165) is 19.3 Å². The van der Waals surface area contributed by atoms with Crippen molar-refractivity contribution in [3.8, 4) is 0 Å². The Morgan fingerprint density at radius 2 is 2.19 bits per heavy atom. The van der Waals surface area contributed by atoms with Crippen LogP contribution in [0.3, 0.4) is 0 Å². The summed E-state index contributed by atoms with van der Waals surface area (Å²) < 4.78 is 13.4. The lowest BCUT2D eigenvalue weighted by molar-refractivity contribution is 0.0846. The van der Waals surface area contributed by atoms with Gasteiger partial charge in [-0.25, -0.2) is 4.39 Å². The van der Waals surface area contributed by atoms with E-state index in [1.165, 1.54) is 18.2 Å². The van der Waals surface area contributed by atoms with Gasteiger partial charge in [0.15, 0.2) is 0 Å². The minimum absolute atomic E-state index is 0.0700. The third kappa shape index (κ3) is 2.21. The van der Waals surface area contributed by atoms with Crippen LogP contribution in [-0.2, 0) is 0 Å². The molecule has 4 heteroatoms. The van der Waals surface area contributed by atoms with Crippen molar-refractivity contribution in [1.29, 1.82) is 0 Å². The number of halogens is 1. The standard InChI is InChI=1S/C12H14FNOS/c1-12(5-2-6-12)14-11(15)9-7-8(16)3-4-10(9)13/h3-4,7,16H,2,5-6H2,1H3,(H,14,15). The number of hydrogen-bond acceptors (Lipinski definition) is 2. The fourth-order valence-corrected chi connectivity index (χ4v) is 2.06. The minimum atomic E-state index is -0.502. The molecule has 1 aliphatic carbocycles. The van der Waals surface area contributed by atoms with Crippen LogP contribution in [0.15, 0.2) is 23.1 Å². The monoisotopic (exact) mass is 239 g/mol. The molecule has 0 aliphatic heterocycles. The maximum atomic E-state index is 13.4. The maximum absolute atomic E-state index is 13.4. The van der Waals surface area contributed by atoms with Gasteiger partial charge in [0.1, 0.15) is 5.82 Å². The van der Waals surface area contributed by atoms with Gasteiger partial charge in [-0.3, -0.25) is 4.79 Å². The van der Waals surface area contributed by atoms with Crippen LogP contribution in [0.2, 0.25) is 0 Å². The van der Waals surface area contributed by atoms with Crippen molar-refractivity contribution < 1.29 is 9.18 Å². The first-order chi connectivity index (χ1) is 7.50. The van der Waals surface area contributed by atoms with Crippen LogP contribution in [0.4, 0.5) is 4.39 Å². The first-order valence-corrected chi connectivity index (χ1v) is 5.76. The summed E-state index contributed by atoms with van der Waals surface area (Å²) in [5, 5.41) is 2.86. The Morgan fingerprint density at radius 3 is 2.75 bits per heavy atom. The van der Waals surface area contributed by atoms with Gasteiger partial charge in [0.25, 0.3) is 5.91 Å². The molecule has 1 N–H and O–H groups in total. The molecule has 86 valence electrons. The normalized spacial score (nSPS) is 17.7. The number of carbonyl (C=O) groups excluding carboxylic acids is 1. The quantitative estimate of drug-likeness (QED) is 0.763. The van der Waals surface area contributed by atoms with Crippen molar-refractivity contribution in [2.45, 2.75) is 36.6 Å². The maximum Gasteiger partial charge on any atom is 0.254 e. The molecule has 1 aromatic rings. The molecule has 0 bridgehead atoms. The van der Waals surface area contributed by atoms with E-state index in [0.29, 0.717) is 4.90 Å². The number of carbonyl (C=O) groups is 1. The zero-order valence-corrected chi connectivity index (χ0v) is 9.98. The zero-order valence-electron chi connectivity index (χ0n) is 9.09. The summed E-state index contributed by atoms with van der Waals surface area (Å²) in [4.78, 5) is 12.4. The van der Waals surface area contributed by atoms with Crippen LogP contribution in [0, 0.1) is 5.82 Å². The highest BCUT2D eigenvalue weighted by molar-refractivity contribution is 7.80. The Labute approximate surface area is 99.6 Å². The Hall–Kier alpha value is -1.03. The lowest BCUT2D eigenvalue weighted by Crippen LogP contribution is -2.51. The summed E-state index contributed by atoms with van der Waals surface area (Å²) in [6.07, 6.45) is 3.04. The van der Waals surface area contributed by atoms with Crippen molar-refractivity contribution in [1.82, 2.24) is 5.32 Å². The Kier molecular flexibility index (Phi) is 2.93. The molecular weight excluding hydrogens is 225 g/mol. The Balaban J connectivity index is 2.17. The molecule has 1 amide bonds. The Bertz CT molecular complexity index is 429. The third-order valence-electron chi connectivity index (χ3n) is 3.07. The summed E-state index contributed by atoms with van der Waals surface area (Å²) in [7, 11) is 0. The van der Waals surface area contributed by atoms with E-state index in [1.807, 2.05) is 6.92 Å². The molecule has 2 rings (SSSR count). The van der Waals surface area contributed by atoms with Crippen LogP contribution in [0.1, 0.15) is 36.5 Å². The van der Waals surface area contributed by atoms with E-state index in [2.05, 4.69) is 17.9 Å². The highest BCUT2D eigenvalue weighted by atomic mass is 32.1. The first kappa shape index (κ1) is 11.5. The summed E-state index contributed by atoms with van der Waals surface area (Å²) in [6, 6.07) is 4.25. The van der Waals surface area contributed by atoms with Crippen LogP contribution < -0.4 is 5.32 Å². The second-order valence-electron chi connectivity index (χ2n) is 4.53. The number of rotatable bonds is 2. The second kappa shape index (κ2) is 4.09. The molecule has 0 unspecified atom stereocenters. The SMILES string of the molecule is CC1(NC(=O)c2cc(S)ccc2F)CCC1. The number of benzene rings is 1. The number of amides is 1. The van der Waals surface area contributed by atoms with Gasteiger partial charge in [-0.15, -0.1) is 12.6 Å². The van der Waals surface area contributed by atoms with Gasteiger partial charge in [-0.2, -0.15) is 0 Å². The molecule has 1 aromatic carbocycles. The summed E-state index contributed by atoms with van der Waals surface area (Å²) >= 11 is 4.10. The summed E-state index contributed by atoms with van der Waals surface area (Å²) in [5.41, 5.74) is -0.0866. The predicted molar refractivity (Wildman–Crippen MR) is 63.4 cm³/mol. The molecule has 0 spiro atoms. The highest BCUT2D eigenvalue weighted by Crippen LogP contribution is 2.31. The van der Waals surface area contributed by atoms with Gasteiger partial charge in [0.05, 0.1) is 5.56 Å². The van der Waals surface area contributed by atoms with Crippen LogP contribution in [0.5, 0.6) is 0 Å². The van der Waals surface area contributed by atoms with E-state index in [1.54, 1.807) is 0 Å². The first-order valence-electron chi connectivity index (χ1n) is 5.31. The van der Waals surface area contributed by atoms with E-state index in [-0.39, 0.29) is 17.0 Å². The molecule has 1 saturated carbocycles. The number of nitrogens with one attached hydrogen (secondary N) is 1. The molecule has 0 saturated heterocycles. The van der Waals surface area contributed by atoms with Crippen molar-refractivity contribution >= 4 is 18.5 Å². The van der Waals surface area contributed by atoms with Crippen molar-refractivity contribution in [3.63, 3.8) is 0 Å².